The summed E-state index contributed by atoms with van der Waals surface area (Å²) in [4.78, 5) is 10.8. The van der Waals surface area contributed by atoms with Crippen molar-refractivity contribution >= 4 is 5.97 Å². The molecule has 1 atom stereocenters. The van der Waals surface area contributed by atoms with Gasteiger partial charge in [-0.1, -0.05) is 0 Å². The molecule has 0 aromatic carbocycles. The Kier molecular flexibility index (Phi) is 4.81. The molecule has 4 heteroatoms. The van der Waals surface area contributed by atoms with Crippen LogP contribution in [0, 0.1) is 0 Å². The minimum absolute atomic E-state index is 0.185. The maximum Gasteiger partial charge on any atom is 0.335 e. The van der Waals surface area contributed by atoms with Crippen LogP contribution in [0.5, 0.6) is 0 Å². The summed E-state index contributed by atoms with van der Waals surface area (Å²) < 4.78 is 4.72. The number of carbonyl (C=O) groups is 1. The summed E-state index contributed by atoms with van der Waals surface area (Å²) in [5.74, 6) is -0.592. The van der Waals surface area contributed by atoms with Gasteiger partial charge in [0.05, 0.1) is 6.10 Å². The molecule has 0 bridgehead atoms. The van der Waals surface area contributed by atoms with Crippen LogP contribution in [0.25, 0.3) is 0 Å². The van der Waals surface area contributed by atoms with E-state index >= 15 is 0 Å². The van der Waals surface area contributed by atoms with Gasteiger partial charge in [0.1, 0.15) is 0 Å². The van der Waals surface area contributed by atoms with Crippen molar-refractivity contribution in [2.75, 3.05) is 6.54 Å². The molecule has 0 aliphatic carbocycles. The van der Waals surface area contributed by atoms with Gasteiger partial charge in [0.25, 0.3) is 0 Å². The number of aliphatic hydroxyl groups excluding tert-OH is 1. The van der Waals surface area contributed by atoms with Crippen LogP contribution >= 0.6 is 0 Å². The summed E-state index contributed by atoms with van der Waals surface area (Å²) in [6, 6.07) is 0. The lowest BCUT2D eigenvalue weighted by molar-refractivity contribution is -0.157. The summed E-state index contributed by atoms with van der Waals surface area (Å²) >= 11 is 0. The Hall–Kier alpha value is -0.610. The first-order valence-electron chi connectivity index (χ1n) is 3.66. The quantitative estimate of drug-likeness (QED) is 0.553. The second kappa shape index (κ2) is 5.09. The molecule has 0 amide bonds. The molecule has 0 saturated carbocycles. The standard InChI is InChI=1S/C7H15NO3/c1-5(2)11-7(10)6(9)3-4-8/h5-6,9H,3-4,8H2,1-2H3/t6-/m0/s1. The average Bonchev–Trinajstić information content (AvgIpc) is 1.86. The van der Waals surface area contributed by atoms with Crippen LogP contribution in [0.3, 0.4) is 0 Å². The summed E-state index contributed by atoms with van der Waals surface area (Å²) in [7, 11) is 0. The molecule has 66 valence electrons. The van der Waals surface area contributed by atoms with Crippen LogP contribution < -0.4 is 5.73 Å². The summed E-state index contributed by atoms with van der Waals surface area (Å²) in [5.41, 5.74) is 5.13. The molecular weight excluding hydrogens is 146 g/mol. The molecule has 0 aromatic heterocycles. The number of carbonyl (C=O) groups excluding carboxylic acids is 1. The van der Waals surface area contributed by atoms with Crippen molar-refractivity contribution in [3.05, 3.63) is 0 Å². The van der Waals surface area contributed by atoms with Crippen LogP contribution in [0.1, 0.15) is 20.3 Å². The fourth-order valence-electron chi connectivity index (χ4n) is 0.587. The van der Waals surface area contributed by atoms with E-state index in [-0.39, 0.29) is 19.1 Å². The monoisotopic (exact) mass is 161 g/mol. The molecule has 0 aliphatic rings. The third kappa shape index (κ3) is 4.75. The molecule has 0 fully saturated rings. The van der Waals surface area contributed by atoms with Crippen molar-refractivity contribution in [1.29, 1.82) is 0 Å². The number of hydrogen-bond acceptors (Lipinski definition) is 4. The molecule has 0 radical (unpaired) electrons. The van der Waals surface area contributed by atoms with Crippen molar-refractivity contribution in [3.8, 4) is 0 Å². The van der Waals surface area contributed by atoms with E-state index in [9.17, 15) is 4.79 Å². The first-order chi connectivity index (χ1) is 5.07. The molecule has 11 heavy (non-hydrogen) atoms. The smallest absolute Gasteiger partial charge is 0.335 e. The van der Waals surface area contributed by atoms with E-state index in [2.05, 4.69) is 0 Å². The molecule has 0 unspecified atom stereocenters. The number of rotatable bonds is 4. The summed E-state index contributed by atoms with van der Waals surface area (Å²) in [5, 5.41) is 9.01. The topological polar surface area (TPSA) is 72.5 Å². The Bertz CT molecular complexity index is 125. The molecule has 0 saturated heterocycles. The lowest BCUT2D eigenvalue weighted by Crippen LogP contribution is -2.27. The van der Waals surface area contributed by atoms with E-state index in [0.29, 0.717) is 0 Å². The van der Waals surface area contributed by atoms with Gasteiger partial charge in [0.2, 0.25) is 0 Å². The lowest BCUT2D eigenvalue weighted by atomic mass is 10.2. The van der Waals surface area contributed by atoms with Gasteiger partial charge in [0, 0.05) is 0 Å². The molecule has 4 nitrogen and oxygen atoms in total. The van der Waals surface area contributed by atoms with Gasteiger partial charge in [-0.3, -0.25) is 0 Å². The second-order valence-electron chi connectivity index (χ2n) is 2.58. The second-order valence-corrected chi connectivity index (χ2v) is 2.58. The van der Waals surface area contributed by atoms with Gasteiger partial charge < -0.3 is 15.6 Å². The number of hydrogen-bond donors (Lipinski definition) is 2. The van der Waals surface area contributed by atoms with E-state index < -0.39 is 12.1 Å². The first-order valence-corrected chi connectivity index (χ1v) is 3.66. The molecule has 0 spiro atoms. The maximum atomic E-state index is 10.8. The van der Waals surface area contributed by atoms with Gasteiger partial charge in [-0.2, -0.15) is 0 Å². The number of aliphatic hydroxyl groups is 1. The van der Waals surface area contributed by atoms with Crippen molar-refractivity contribution in [2.24, 2.45) is 5.73 Å². The van der Waals surface area contributed by atoms with E-state index in [4.69, 9.17) is 15.6 Å². The molecule has 0 aromatic rings. The summed E-state index contributed by atoms with van der Waals surface area (Å²) in [6.45, 7) is 3.74. The van der Waals surface area contributed by atoms with E-state index in [1.165, 1.54) is 0 Å². The van der Waals surface area contributed by atoms with Crippen LogP contribution in [-0.4, -0.2) is 29.8 Å². The fraction of sp³-hybridized carbons (Fsp3) is 0.857. The maximum absolute atomic E-state index is 10.8. The Balaban J connectivity index is 3.64. The molecule has 0 rings (SSSR count). The Morgan fingerprint density at radius 2 is 2.18 bits per heavy atom. The van der Waals surface area contributed by atoms with Gasteiger partial charge in [-0.05, 0) is 26.8 Å². The molecular formula is C7H15NO3. The van der Waals surface area contributed by atoms with E-state index in [1.807, 2.05) is 0 Å². The third-order valence-electron chi connectivity index (χ3n) is 1.06. The zero-order valence-corrected chi connectivity index (χ0v) is 6.91. The Morgan fingerprint density at radius 3 is 2.55 bits per heavy atom. The van der Waals surface area contributed by atoms with Crippen molar-refractivity contribution in [1.82, 2.24) is 0 Å². The Morgan fingerprint density at radius 1 is 1.64 bits per heavy atom. The van der Waals surface area contributed by atoms with Gasteiger partial charge in [0.15, 0.2) is 6.10 Å². The summed E-state index contributed by atoms with van der Waals surface area (Å²) in [6.07, 6.45) is -0.997. The fourth-order valence-corrected chi connectivity index (χ4v) is 0.587. The lowest BCUT2D eigenvalue weighted by Gasteiger charge is -2.11. The highest BCUT2D eigenvalue weighted by Crippen LogP contribution is 1.96. The third-order valence-corrected chi connectivity index (χ3v) is 1.06. The highest BCUT2D eigenvalue weighted by molar-refractivity contribution is 5.74. The van der Waals surface area contributed by atoms with Gasteiger partial charge in [-0.15, -0.1) is 0 Å². The average molecular weight is 161 g/mol. The van der Waals surface area contributed by atoms with Crippen LogP contribution in [-0.2, 0) is 9.53 Å². The largest absolute Gasteiger partial charge is 0.461 e. The normalized spacial score (nSPS) is 13.2. The molecule has 0 heterocycles. The van der Waals surface area contributed by atoms with Crippen LogP contribution in [0.2, 0.25) is 0 Å². The zero-order chi connectivity index (χ0) is 8.85. The van der Waals surface area contributed by atoms with E-state index in [0.717, 1.165) is 0 Å². The molecule has 3 N–H and O–H groups in total. The first kappa shape index (κ1) is 10.4. The van der Waals surface area contributed by atoms with E-state index in [1.54, 1.807) is 13.8 Å². The van der Waals surface area contributed by atoms with Gasteiger partial charge >= 0.3 is 5.97 Å². The van der Waals surface area contributed by atoms with Gasteiger partial charge in [-0.25, -0.2) is 4.79 Å². The van der Waals surface area contributed by atoms with Crippen molar-refractivity contribution < 1.29 is 14.6 Å². The van der Waals surface area contributed by atoms with Crippen molar-refractivity contribution in [3.63, 3.8) is 0 Å². The highest BCUT2D eigenvalue weighted by Gasteiger charge is 2.16. The predicted molar refractivity (Wildman–Crippen MR) is 40.9 cm³/mol. The van der Waals surface area contributed by atoms with Crippen LogP contribution in [0.15, 0.2) is 0 Å². The number of ether oxygens (including phenoxy) is 1. The predicted octanol–water partition coefficient (Wildman–Crippen LogP) is -0.352. The SMILES string of the molecule is CC(C)OC(=O)[C@@H](O)CCN. The zero-order valence-electron chi connectivity index (χ0n) is 6.91. The highest BCUT2D eigenvalue weighted by atomic mass is 16.6. The minimum atomic E-state index is -1.07. The van der Waals surface area contributed by atoms with Crippen molar-refractivity contribution in [2.45, 2.75) is 32.5 Å². The number of nitrogens with two attached hydrogens (primary N) is 1. The van der Waals surface area contributed by atoms with Crippen LogP contribution in [0.4, 0.5) is 0 Å². The molecule has 0 aliphatic heterocycles. The Labute approximate surface area is 66.3 Å². The number of esters is 1. The minimum Gasteiger partial charge on any atom is -0.461 e.